The number of rotatable bonds is 7. The molecule has 2 saturated heterocycles. The number of hydrogen-bond donors (Lipinski definition) is 3. The minimum Gasteiger partial charge on any atom is -0.379 e. The van der Waals surface area contributed by atoms with E-state index in [4.69, 9.17) is 4.74 Å². The van der Waals surface area contributed by atoms with Crippen LogP contribution in [-0.4, -0.2) is 74.3 Å². The molecule has 7 nitrogen and oxygen atoms in total. The molecule has 1 amide bonds. The lowest BCUT2D eigenvalue weighted by molar-refractivity contribution is -0.140. The number of aromatic nitrogens is 1. The Labute approximate surface area is 180 Å². The van der Waals surface area contributed by atoms with Gasteiger partial charge in [0.25, 0.3) is 0 Å². The Morgan fingerprint density at radius 3 is 2.97 bits per heavy atom. The van der Waals surface area contributed by atoms with Crippen molar-refractivity contribution in [1.82, 2.24) is 20.5 Å². The Kier molecular flexibility index (Phi) is 7.23. The SMILES string of the molecule is Cc1ccc(NCCCNC(=O)[C@@]23CC[C@H](N4CCOCC4)C[C@H]2CCNC3)nc1. The summed E-state index contributed by atoms with van der Waals surface area (Å²) in [7, 11) is 0. The predicted molar refractivity (Wildman–Crippen MR) is 119 cm³/mol. The first-order chi connectivity index (χ1) is 14.7. The highest BCUT2D eigenvalue weighted by Crippen LogP contribution is 2.46. The number of carbonyl (C=O) groups is 1. The average Bonchev–Trinajstić information content (AvgIpc) is 2.80. The maximum Gasteiger partial charge on any atom is 0.227 e. The predicted octanol–water partition coefficient (Wildman–Crippen LogP) is 1.79. The summed E-state index contributed by atoms with van der Waals surface area (Å²) >= 11 is 0. The third kappa shape index (κ3) is 4.95. The van der Waals surface area contributed by atoms with Crippen molar-refractivity contribution in [3.05, 3.63) is 23.9 Å². The molecule has 0 aromatic carbocycles. The number of amides is 1. The van der Waals surface area contributed by atoms with Gasteiger partial charge in [-0.25, -0.2) is 4.98 Å². The van der Waals surface area contributed by atoms with Crippen LogP contribution in [0.2, 0.25) is 0 Å². The molecule has 1 aromatic heterocycles. The second-order valence-electron chi connectivity index (χ2n) is 9.15. The van der Waals surface area contributed by atoms with Crippen molar-refractivity contribution in [2.75, 3.05) is 57.8 Å². The van der Waals surface area contributed by atoms with Crippen LogP contribution in [0.3, 0.4) is 0 Å². The van der Waals surface area contributed by atoms with Crippen molar-refractivity contribution in [3.63, 3.8) is 0 Å². The third-order valence-corrected chi connectivity index (χ3v) is 7.24. The Balaban J connectivity index is 1.25. The Morgan fingerprint density at radius 2 is 2.17 bits per heavy atom. The Bertz CT molecular complexity index is 691. The summed E-state index contributed by atoms with van der Waals surface area (Å²) in [5.74, 6) is 1.63. The van der Waals surface area contributed by atoms with E-state index >= 15 is 0 Å². The van der Waals surface area contributed by atoms with Gasteiger partial charge in [0.05, 0.1) is 18.6 Å². The Hall–Kier alpha value is -1.70. The van der Waals surface area contributed by atoms with E-state index < -0.39 is 0 Å². The molecule has 0 radical (unpaired) electrons. The van der Waals surface area contributed by atoms with Crippen LogP contribution in [0, 0.1) is 18.3 Å². The van der Waals surface area contributed by atoms with Gasteiger partial charge in [0.1, 0.15) is 5.82 Å². The maximum atomic E-state index is 13.3. The van der Waals surface area contributed by atoms with Crippen LogP contribution in [0.4, 0.5) is 5.82 Å². The molecule has 0 spiro atoms. The van der Waals surface area contributed by atoms with Crippen LogP contribution in [0.15, 0.2) is 18.3 Å². The van der Waals surface area contributed by atoms with Crippen molar-refractivity contribution in [2.45, 2.75) is 45.1 Å². The fourth-order valence-electron chi connectivity index (χ4n) is 5.42. The van der Waals surface area contributed by atoms with Crippen LogP contribution in [0.5, 0.6) is 0 Å². The molecule has 3 N–H and O–H groups in total. The highest BCUT2D eigenvalue weighted by molar-refractivity contribution is 5.83. The summed E-state index contributed by atoms with van der Waals surface area (Å²) in [5.41, 5.74) is 0.929. The highest BCUT2D eigenvalue weighted by atomic mass is 16.5. The van der Waals surface area contributed by atoms with Crippen molar-refractivity contribution < 1.29 is 9.53 Å². The number of ether oxygens (including phenoxy) is 1. The number of pyridine rings is 1. The molecule has 3 aliphatic rings. The van der Waals surface area contributed by atoms with E-state index in [0.29, 0.717) is 18.5 Å². The normalized spacial score (nSPS) is 29.8. The minimum absolute atomic E-state index is 0.229. The fraction of sp³-hybridized carbons (Fsp3) is 0.739. The van der Waals surface area contributed by atoms with E-state index in [1.54, 1.807) is 0 Å². The van der Waals surface area contributed by atoms with E-state index in [1.165, 1.54) is 0 Å². The molecule has 1 aliphatic carbocycles. The molecular formula is C23H37N5O2. The molecule has 4 rings (SSSR count). The zero-order chi connectivity index (χ0) is 20.8. The molecular weight excluding hydrogens is 378 g/mol. The summed E-state index contributed by atoms with van der Waals surface area (Å²) in [6.07, 6.45) is 7.12. The van der Waals surface area contributed by atoms with Gasteiger partial charge in [-0.1, -0.05) is 6.07 Å². The number of hydrogen-bond acceptors (Lipinski definition) is 6. The lowest BCUT2D eigenvalue weighted by Gasteiger charge is -2.50. The summed E-state index contributed by atoms with van der Waals surface area (Å²) < 4.78 is 5.53. The number of morpholine rings is 1. The van der Waals surface area contributed by atoms with Crippen molar-refractivity contribution in [1.29, 1.82) is 0 Å². The molecule has 7 heteroatoms. The van der Waals surface area contributed by atoms with E-state index in [2.05, 4.69) is 31.9 Å². The van der Waals surface area contributed by atoms with E-state index in [1.807, 2.05) is 19.2 Å². The highest BCUT2D eigenvalue weighted by Gasteiger charge is 2.50. The van der Waals surface area contributed by atoms with Crippen molar-refractivity contribution in [2.24, 2.45) is 11.3 Å². The summed E-state index contributed by atoms with van der Waals surface area (Å²) in [4.78, 5) is 20.3. The maximum absolute atomic E-state index is 13.3. The number of nitrogens with one attached hydrogen (secondary N) is 3. The zero-order valence-corrected chi connectivity index (χ0v) is 18.3. The van der Waals surface area contributed by atoms with Crippen molar-refractivity contribution in [3.8, 4) is 0 Å². The van der Waals surface area contributed by atoms with Crippen LogP contribution in [-0.2, 0) is 9.53 Å². The number of piperidine rings is 1. The number of fused-ring (bicyclic) bond motifs is 1. The lowest BCUT2D eigenvalue weighted by Crippen LogP contribution is -2.60. The number of nitrogens with zero attached hydrogens (tertiary/aromatic N) is 2. The summed E-state index contributed by atoms with van der Waals surface area (Å²) in [6, 6.07) is 4.67. The largest absolute Gasteiger partial charge is 0.379 e. The fourth-order valence-corrected chi connectivity index (χ4v) is 5.42. The van der Waals surface area contributed by atoms with Crippen LogP contribution in [0.1, 0.15) is 37.7 Å². The van der Waals surface area contributed by atoms with Gasteiger partial charge < -0.3 is 20.7 Å². The van der Waals surface area contributed by atoms with E-state index in [9.17, 15) is 4.79 Å². The molecule has 2 aliphatic heterocycles. The minimum atomic E-state index is -0.229. The summed E-state index contributed by atoms with van der Waals surface area (Å²) in [6.45, 7) is 9.18. The molecule has 30 heavy (non-hydrogen) atoms. The standard InChI is InChI=1S/C23H37N5O2/c1-18-3-4-21(27-16-18)25-8-2-9-26-22(29)23-7-5-20(28-11-13-30-14-12-28)15-19(23)6-10-24-17-23/h3-4,16,19-20,24H,2,5-15,17H2,1H3,(H,25,27)(H,26,29)/t19-,20+,23-/m1/s1. The molecule has 1 saturated carbocycles. The Morgan fingerprint density at radius 1 is 1.30 bits per heavy atom. The first-order valence-corrected chi connectivity index (χ1v) is 11.6. The van der Waals surface area contributed by atoms with Gasteiger partial charge in [0.2, 0.25) is 5.91 Å². The van der Waals surface area contributed by atoms with E-state index in [0.717, 1.165) is 89.4 Å². The lowest BCUT2D eigenvalue weighted by atomic mass is 9.61. The molecule has 166 valence electrons. The van der Waals surface area contributed by atoms with Crippen LogP contribution < -0.4 is 16.0 Å². The van der Waals surface area contributed by atoms with Crippen LogP contribution in [0.25, 0.3) is 0 Å². The first kappa shape index (κ1) is 21.5. The van der Waals surface area contributed by atoms with Crippen LogP contribution >= 0.6 is 0 Å². The van der Waals surface area contributed by atoms with Crippen molar-refractivity contribution >= 4 is 11.7 Å². The van der Waals surface area contributed by atoms with Gasteiger partial charge in [-0.2, -0.15) is 0 Å². The van der Waals surface area contributed by atoms with Gasteiger partial charge in [-0.3, -0.25) is 9.69 Å². The quantitative estimate of drug-likeness (QED) is 0.590. The van der Waals surface area contributed by atoms with E-state index in [-0.39, 0.29) is 11.3 Å². The van der Waals surface area contributed by atoms with Gasteiger partial charge in [0, 0.05) is 45.0 Å². The molecule has 3 heterocycles. The molecule has 3 fully saturated rings. The number of aryl methyl sites for hydroxylation is 1. The van der Waals surface area contributed by atoms with Gasteiger partial charge in [0.15, 0.2) is 0 Å². The van der Waals surface area contributed by atoms with Gasteiger partial charge >= 0.3 is 0 Å². The summed E-state index contributed by atoms with van der Waals surface area (Å²) in [5, 5.41) is 10.1. The van der Waals surface area contributed by atoms with Gasteiger partial charge in [-0.05, 0) is 63.1 Å². The second-order valence-corrected chi connectivity index (χ2v) is 9.15. The second kappa shape index (κ2) is 10.1. The molecule has 0 unspecified atom stereocenters. The molecule has 0 bridgehead atoms. The number of anilines is 1. The third-order valence-electron chi connectivity index (χ3n) is 7.24. The molecule has 3 atom stereocenters. The number of carbonyl (C=O) groups excluding carboxylic acids is 1. The van der Waals surface area contributed by atoms with Gasteiger partial charge in [-0.15, -0.1) is 0 Å². The topological polar surface area (TPSA) is 78.5 Å². The molecule has 1 aromatic rings. The monoisotopic (exact) mass is 415 g/mol. The smallest absolute Gasteiger partial charge is 0.227 e. The average molecular weight is 416 g/mol. The first-order valence-electron chi connectivity index (χ1n) is 11.6. The zero-order valence-electron chi connectivity index (χ0n) is 18.3.